The van der Waals surface area contributed by atoms with Crippen molar-refractivity contribution in [2.24, 2.45) is 5.41 Å². The maximum atomic E-state index is 13.7. The zero-order valence-corrected chi connectivity index (χ0v) is 19.8. The highest BCUT2D eigenvalue weighted by atomic mass is 19.1. The topological polar surface area (TPSA) is 90.8 Å². The maximum absolute atomic E-state index is 13.7. The Bertz CT molecular complexity index is 973. The average Bonchev–Trinajstić information content (AvgIpc) is 2.72. The molecule has 0 spiro atoms. The number of aliphatic hydroxyl groups excluding tert-OH is 1. The predicted molar refractivity (Wildman–Crippen MR) is 126 cm³/mol. The number of aromatic hydroxyl groups is 1. The Balaban J connectivity index is 1.70. The number of phenols is 1. The number of carbonyl (C=O) groups excluding carboxylic acids is 1. The van der Waals surface area contributed by atoms with Crippen LogP contribution in [0.2, 0.25) is 0 Å². The summed E-state index contributed by atoms with van der Waals surface area (Å²) in [5, 5.41) is 26.5. The van der Waals surface area contributed by atoms with Crippen molar-refractivity contribution in [3.05, 3.63) is 58.9 Å². The molecular weight excluding hydrogens is 423 g/mol. The molecule has 7 heteroatoms. The smallest absolute Gasteiger partial charge is 0.217 e. The number of nitrogens with one attached hydrogen (secondary N) is 2. The van der Waals surface area contributed by atoms with E-state index in [1.54, 1.807) is 6.07 Å². The first-order chi connectivity index (χ1) is 15.5. The fraction of sp³-hybridized carbons (Fsp3) is 0.500. The van der Waals surface area contributed by atoms with Gasteiger partial charge in [0.2, 0.25) is 5.91 Å². The normalized spacial score (nSPS) is 17.6. The van der Waals surface area contributed by atoms with Crippen LogP contribution >= 0.6 is 0 Å². The van der Waals surface area contributed by atoms with Gasteiger partial charge in [-0.3, -0.25) is 4.79 Å². The van der Waals surface area contributed by atoms with E-state index in [1.807, 2.05) is 6.07 Å². The molecule has 0 fully saturated rings. The van der Waals surface area contributed by atoms with Crippen molar-refractivity contribution in [1.29, 1.82) is 0 Å². The third-order valence-electron chi connectivity index (χ3n) is 5.74. The molecule has 4 N–H and O–H groups in total. The van der Waals surface area contributed by atoms with Gasteiger partial charge in [-0.2, -0.15) is 0 Å². The lowest BCUT2D eigenvalue weighted by Crippen LogP contribution is -2.48. The Hall–Kier alpha value is -2.64. The minimum Gasteiger partial charge on any atom is -0.505 e. The number of hydrogen-bond donors (Lipinski definition) is 4. The lowest BCUT2D eigenvalue weighted by atomic mass is 9.86. The van der Waals surface area contributed by atoms with E-state index in [1.165, 1.54) is 24.6 Å². The van der Waals surface area contributed by atoms with E-state index < -0.39 is 23.7 Å². The number of rotatable bonds is 8. The number of phenolic OH excluding ortho intramolecular Hbond substituents is 1. The molecule has 3 unspecified atom stereocenters. The second-order valence-corrected chi connectivity index (χ2v) is 10.1. The summed E-state index contributed by atoms with van der Waals surface area (Å²) in [4.78, 5) is 11.7. The number of benzene rings is 2. The number of carbonyl (C=O) groups is 1. The third-order valence-corrected chi connectivity index (χ3v) is 5.74. The molecule has 6 nitrogen and oxygen atoms in total. The number of hydrogen-bond acceptors (Lipinski definition) is 5. The Kier molecular flexibility index (Phi) is 7.97. The first-order valence-electron chi connectivity index (χ1n) is 11.4. The maximum Gasteiger partial charge on any atom is 0.217 e. The first-order valence-corrected chi connectivity index (χ1v) is 11.4. The molecule has 0 aromatic heterocycles. The number of aliphatic hydroxyl groups is 1. The molecule has 0 bridgehead atoms. The van der Waals surface area contributed by atoms with E-state index in [9.17, 15) is 19.4 Å². The summed E-state index contributed by atoms with van der Waals surface area (Å²) in [5.41, 5.74) is 3.06. The molecule has 2 aromatic rings. The quantitative estimate of drug-likeness (QED) is 0.485. The van der Waals surface area contributed by atoms with Gasteiger partial charge < -0.3 is 25.6 Å². The van der Waals surface area contributed by atoms with Crippen molar-refractivity contribution in [1.82, 2.24) is 10.6 Å². The molecule has 1 amide bonds. The van der Waals surface area contributed by atoms with Crippen molar-refractivity contribution in [2.75, 3.05) is 13.2 Å². The van der Waals surface area contributed by atoms with Crippen molar-refractivity contribution in [3.63, 3.8) is 0 Å². The molecule has 0 saturated heterocycles. The van der Waals surface area contributed by atoms with Gasteiger partial charge in [0.1, 0.15) is 5.75 Å². The lowest BCUT2D eigenvalue weighted by Gasteiger charge is -2.30. The largest absolute Gasteiger partial charge is 0.505 e. The van der Waals surface area contributed by atoms with Gasteiger partial charge in [0, 0.05) is 31.5 Å². The zero-order chi connectivity index (χ0) is 24.2. The monoisotopic (exact) mass is 458 g/mol. The summed E-state index contributed by atoms with van der Waals surface area (Å²) in [6.07, 6.45) is 1.06. The van der Waals surface area contributed by atoms with Gasteiger partial charge in [-0.1, -0.05) is 39.0 Å². The van der Waals surface area contributed by atoms with Gasteiger partial charge in [0.15, 0.2) is 11.6 Å². The molecule has 2 aromatic carbocycles. The van der Waals surface area contributed by atoms with E-state index in [0.717, 1.165) is 24.2 Å². The van der Waals surface area contributed by atoms with Gasteiger partial charge in [-0.15, -0.1) is 0 Å². The van der Waals surface area contributed by atoms with Crippen molar-refractivity contribution < 1.29 is 24.1 Å². The number of halogens is 1. The van der Waals surface area contributed by atoms with Crippen LogP contribution in [-0.4, -0.2) is 41.4 Å². The van der Waals surface area contributed by atoms with E-state index in [-0.39, 0.29) is 30.3 Å². The van der Waals surface area contributed by atoms with Crippen LogP contribution in [0.1, 0.15) is 56.8 Å². The molecule has 1 aliphatic heterocycles. The minimum atomic E-state index is -0.894. The SMILES string of the molecule is CC(=O)NC(Cc1ccc(O)c(F)c1)C(O)CNC1CCOc2ccc(CC(C)(C)C)cc21. The van der Waals surface area contributed by atoms with Crippen LogP contribution in [0, 0.1) is 11.2 Å². The van der Waals surface area contributed by atoms with Crippen LogP contribution in [0.15, 0.2) is 36.4 Å². The fourth-order valence-corrected chi connectivity index (χ4v) is 4.26. The summed E-state index contributed by atoms with van der Waals surface area (Å²) >= 11 is 0. The van der Waals surface area contributed by atoms with Crippen LogP contribution in [0.3, 0.4) is 0 Å². The summed E-state index contributed by atoms with van der Waals surface area (Å²) < 4.78 is 19.6. The molecule has 0 saturated carbocycles. The van der Waals surface area contributed by atoms with Crippen molar-refractivity contribution in [2.45, 2.75) is 65.1 Å². The molecule has 1 aliphatic rings. The molecular formula is C26H35FN2O4. The van der Waals surface area contributed by atoms with Crippen LogP contribution in [0.25, 0.3) is 0 Å². The average molecular weight is 459 g/mol. The molecule has 1 heterocycles. The highest BCUT2D eigenvalue weighted by Gasteiger charge is 2.26. The molecule has 180 valence electrons. The standard InChI is InChI=1S/C26H35FN2O4/c1-16(30)29-22(13-17-5-7-23(31)20(27)12-17)24(32)15-28-21-9-10-33-25-8-6-18(11-19(21)25)14-26(2,3)4/h5-8,11-12,21-22,24,28,31-32H,9-10,13-15H2,1-4H3,(H,29,30). The van der Waals surface area contributed by atoms with Crippen LogP contribution in [-0.2, 0) is 17.6 Å². The molecule has 0 radical (unpaired) electrons. The highest BCUT2D eigenvalue weighted by molar-refractivity contribution is 5.73. The second-order valence-electron chi connectivity index (χ2n) is 10.1. The summed E-state index contributed by atoms with van der Waals surface area (Å²) in [7, 11) is 0. The molecule has 33 heavy (non-hydrogen) atoms. The predicted octanol–water partition coefficient (Wildman–Crippen LogP) is 3.64. The Morgan fingerprint density at radius 3 is 2.61 bits per heavy atom. The lowest BCUT2D eigenvalue weighted by molar-refractivity contribution is -0.120. The Morgan fingerprint density at radius 2 is 1.94 bits per heavy atom. The highest BCUT2D eigenvalue weighted by Crippen LogP contribution is 2.34. The third kappa shape index (κ3) is 7.17. The fourth-order valence-electron chi connectivity index (χ4n) is 4.26. The summed E-state index contributed by atoms with van der Waals surface area (Å²) in [6, 6.07) is 9.78. The number of amides is 1. The number of fused-ring (bicyclic) bond motifs is 1. The van der Waals surface area contributed by atoms with E-state index in [0.29, 0.717) is 12.2 Å². The first kappa shape index (κ1) is 25.0. The Morgan fingerprint density at radius 1 is 1.21 bits per heavy atom. The number of ether oxygens (including phenoxy) is 1. The van der Waals surface area contributed by atoms with E-state index in [4.69, 9.17) is 4.74 Å². The Labute approximate surface area is 195 Å². The van der Waals surface area contributed by atoms with Gasteiger partial charge >= 0.3 is 0 Å². The van der Waals surface area contributed by atoms with Gasteiger partial charge in [0.05, 0.1) is 18.8 Å². The van der Waals surface area contributed by atoms with Crippen LogP contribution in [0.4, 0.5) is 4.39 Å². The van der Waals surface area contributed by atoms with Gasteiger partial charge in [-0.25, -0.2) is 4.39 Å². The van der Waals surface area contributed by atoms with E-state index in [2.05, 4.69) is 43.5 Å². The van der Waals surface area contributed by atoms with Gasteiger partial charge in [0.25, 0.3) is 0 Å². The van der Waals surface area contributed by atoms with Crippen LogP contribution < -0.4 is 15.4 Å². The van der Waals surface area contributed by atoms with Crippen molar-refractivity contribution >= 4 is 5.91 Å². The van der Waals surface area contributed by atoms with Gasteiger partial charge in [-0.05, 0) is 47.6 Å². The second kappa shape index (κ2) is 10.5. The zero-order valence-electron chi connectivity index (χ0n) is 19.8. The summed E-state index contributed by atoms with van der Waals surface area (Å²) in [6.45, 7) is 8.84. The van der Waals surface area contributed by atoms with Crippen molar-refractivity contribution in [3.8, 4) is 11.5 Å². The summed E-state index contributed by atoms with van der Waals surface area (Å²) in [5.74, 6) is -0.585. The van der Waals surface area contributed by atoms with Crippen LogP contribution in [0.5, 0.6) is 11.5 Å². The molecule has 3 atom stereocenters. The van der Waals surface area contributed by atoms with E-state index >= 15 is 0 Å². The molecule has 0 aliphatic carbocycles. The minimum absolute atomic E-state index is 0.0208. The molecule has 3 rings (SSSR count).